The SMILES string of the molecule is OCC1CCCCC1CNc1nccc(C(F)(F)F)n1. The second kappa shape index (κ2) is 6.39. The number of halogens is 3. The summed E-state index contributed by atoms with van der Waals surface area (Å²) in [5.41, 5.74) is -0.947. The van der Waals surface area contributed by atoms with Crippen molar-refractivity contribution in [3.63, 3.8) is 0 Å². The summed E-state index contributed by atoms with van der Waals surface area (Å²) < 4.78 is 37.6. The smallest absolute Gasteiger partial charge is 0.396 e. The average Bonchev–Trinajstić information content (AvgIpc) is 2.45. The van der Waals surface area contributed by atoms with Crippen LogP contribution in [-0.2, 0) is 6.18 Å². The fourth-order valence-corrected chi connectivity index (χ4v) is 2.62. The first-order valence-electron chi connectivity index (χ1n) is 6.75. The van der Waals surface area contributed by atoms with Gasteiger partial charge in [-0.15, -0.1) is 0 Å². The highest BCUT2D eigenvalue weighted by atomic mass is 19.4. The molecule has 0 saturated heterocycles. The molecule has 2 N–H and O–H groups in total. The minimum absolute atomic E-state index is 0.0120. The van der Waals surface area contributed by atoms with E-state index in [4.69, 9.17) is 0 Å². The number of aliphatic hydroxyl groups excluding tert-OH is 1. The fraction of sp³-hybridized carbons (Fsp3) is 0.692. The molecule has 2 atom stereocenters. The third-order valence-corrected chi connectivity index (χ3v) is 3.77. The zero-order chi connectivity index (χ0) is 14.6. The minimum Gasteiger partial charge on any atom is -0.396 e. The number of aromatic nitrogens is 2. The van der Waals surface area contributed by atoms with Gasteiger partial charge < -0.3 is 10.4 Å². The Morgan fingerprint density at radius 2 is 1.95 bits per heavy atom. The van der Waals surface area contributed by atoms with Crippen LogP contribution in [-0.4, -0.2) is 28.2 Å². The summed E-state index contributed by atoms with van der Waals surface area (Å²) in [6.07, 6.45) is 0.762. The maximum Gasteiger partial charge on any atom is 0.433 e. The molecule has 0 amide bonds. The van der Waals surface area contributed by atoms with Crippen LogP contribution in [0.25, 0.3) is 0 Å². The Labute approximate surface area is 115 Å². The van der Waals surface area contributed by atoms with Gasteiger partial charge in [0.15, 0.2) is 0 Å². The van der Waals surface area contributed by atoms with E-state index in [1.54, 1.807) is 0 Å². The number of aliphatic hydroxyl groups is 1. The van der Waals surface area contributed by atoms with E-state index in [1.807, 2.05) is 0 Å². The van der Waals surface area contributed by atoms with Gasteiger partial charge in [-0.05, 0) is 30.7 Å². The van der Waals surface area contributed by atoms with Crippen molar-refractivity contribution < 1.29 is 18.3 Å². The van der Waals surface area contributed by atoms with Crippen LogP contribution in [0.3, 0.4) is 0 Å². The van der Waals surface area contributed by atoms with E-state index in [0.717, 1.165) is 37.9 Å². The van der Waals surface area contributed by atoms with Crippen LogP contribution in [0.5, 0.6) is 0 Å². The topological polar surface area (TPSA) is 58.0 Å². The Morgan fingerprint density at radius 3 is 2.60 bits per heavy atom. The van der Waals surface area contributed by atoms with Gasteiger partial charge in [0.25, 0.3) is 0 Å². The summed E-state index contributed by atoms with van der Waals surface area (Å²) in [6, 6.07) is 0.850. The Morgan fingerprint density at radius 1 is 1.25 bits per heavy atom. The van der Waals surface area contributed by atoms with Crippen molar-refractivity contribution in [2.75, 3.05) is 18.5 Å². The van der Waals surface area contributed by atoms with Gasteiger partial charge in [-0.25, -0.2) is 9.97 Å². The lowest BCUT2D eigenvalue weighted by Crippen LogP contribution is -2.29. The second-order valence-corrected chi connectivity index (χ2v) is 5.13. The summed E-state index contributed by atoms with van der Waals surface area (Å²) in [5.74, 6) is 0.455. The van der Waals surface area contributed by atoms with Crippen LogP contribution in [0.1, 0.15) is 31.4 Å². The highest BCUT2D eigenvalue weighted by Gasteiger charge is 2.33. The van der Waals surface area contributed by atoms with Crippen LogP contribution < -0.4 is 5.32 Å². The highest BCUT2D eigenvalue weighted by molar-refractivity contribution is 5.26. The molecule has 7 heteroatoms. The Kier molecular flexibility index (Phi) is 4.80. The Bertz CT molecular complexity index is 439. The monoisotopic (exact) mass is 289 g/mol. The van der Waals surface area contributed by atoms with E-state index >= 15 is 0 Å². The van der Waals surface area contributed by atoms with Gasteiger partial charge in [0.1, 0.15) is 5.69 Å². The third-order valence-electron chi connectivity index (χ3n) is 3.77. The zero-order valence-electron chi connectivity index (χ0n) is 11.0. The number of hydrogen-bond acceptors (Lipinski definition) is 4. The van der Waals surface area contributed by atoms with E-state index in [-0.39, 0.29) is 24.4 Å². The molecular formula is C13H18F3N3O. The molecule has 4 nitrogen and oxygen atoms in total. The van der Waals surface area contributed by atoms with E-state index in [9.17, 15) is 18.3 Å². The minimum atomic E-state index is -4.46. The van der Waals surface area contributed by atoms with Crippen LogP contribution in [0.2, 0.25) is 0 Å². The van der Waals surface area contributed by atoms with Crippen molar-refractivity contribution in [3.05, 3.63) is 18.0 Å². The molecule has 1 aliphatic carbocycles. The van der Waals surface area contributed by atoms with Crippen molar-refractivity contribution in [3.8, 4) is 0 Å². The summed E-state index contributed by atoms with van der Waals surface area (Å²) in [6.45, 7) is 0.613. The average molecular weight is 289 g/mol. The van der Waals surface area contributed by atoms with E-state index in [2.05, 4.69) is 15.3 Å². The maximum absolute atomic E-state index is 12.5. The van der Waals surface area contributed by atoms with Gasteiger partial charge in [-0.2, -0.15) is 13.2 Å². The molecule has 0 aliphatic heterocycles. The molecule has 20 heavy (non-hydrogen) atoms. The molecule has 1 saturated carbocycles. The summed E-state index contributed by atoms with van der Waals surface area (Å²) in [7, 11) is 0. The number of nitrogens with one attached hydrogen (secondary N) is 1. The highest BCUT2D eigenvalue weighted by Crippen LogP contribution is 2.30. The Hall–Kier alpha value is -1.37. The quantitative estimate of drug-likeness (QED) is 0.894. The summed E-state index contributed by atoms with van der Waals surface area (Å²) >= 11 is 0. The lowest BCUT2D eigenvalue weighted by molar-refractivity contribution is -0.141. The molecule has 2 rings (SSSR count). The molecule has 1 heterocycles. The first-order valence-corrected chi connectivity index (χ1v) is 6.75. The molecule has 112 valence electrons. The Balaban J connectivity index is 1.96. The lowest BCUT2D eigenvalue weighted by Gasteiger charge is -2.30. The molecule has 1 fully saturated rings. The van der Waals surface area contributed by atoms with Gasteiger partial charge in [0.05, 0.1) is 0 Å². The van der Waals surface area contributed by atoms with E-state index < -0.39 is 11.9 Å². The van der Waals surface area contributed by atoms with Gasteiger partial charge >= 0.3 is 6.18 Å². The summed E-state index contributed by atoms with van der Waals surface area (Å²) in [4.78, 5) is 7.27. The first-order chi connectivity index (χ1) is 9.50. The van der Waals surface area contributed by atoms with Crippen LogP contribution in [0.4, 0.5) is 19.1 Å². The number of nitrogens with zero attached hydrogens (tertiary/aromatic N) is 2. The third kappa shape index (κ3) is 3.82. The van der Waals surface area contributed by atoms with Gasteiger partial charge in [0.2, 0.25) is 5.95 Å². The van der Waals surface area contributed by atoms with Crippen LogP contribution in [0, 0.1) is 11.8 Å². The van der Waals surface area contributed by atoms with Crippen LogP contribution in [0.15, 0.2) is 12.3 Å². The molecule has 2 unspecified atom stereocenters. The van der Waals surface area contributed by atoms with Crippen molar-refractivity contribution in [1.29, 1.82) is 0 Å². The van der Waals surface area contributed by atoms with Crippen molar-refractivity contribution in [2.45, 2.75) is 31.9 Å². The van der Waals surface area contributed by atoms with E-state index in [1.165, 1.54) is 0 Å². The maximum atomic E-state index is 12.5. The zero-order valence-corrected chi connectivity index (χ0v) is 11.0. The molecule has 1 aromatic heterocycles. The van der Waals surface area contributed by atoms with Crippen molar-refractivity contribution in [2.24, 2.45) is 11.8 Å². The molecule has 0 aromatic carbocycles. The standard InChI is InChI=1S/C13H18F3N3O/c14-13(15,16)11-5-6-17-12(19-11)18-7-9-3-1-2-4-10(9)8-20/h5-6,9-10,20H,1-4,7-8H2,(H,17,18,19). The predicted molar refractivity (Wildman–Crippen MR) is 68.1 cm³/mol. The second-order valence-electron chi connectivity index (χ2n) is 5.13. The van der Waals surface area contributed by atoms with Gasteiger partial charge in [-0.1, -0.05) is 12.8 Å². The van der Waals surface area contributed by atoms with Crippen molar-refractivity contribution >= 4 is 5.95 Å². The first kappa shape index (κ1) is 15.0. The van der Waals surface area contributed by atoms with Crippen molar-refractivity contribution in [1.82, 2.24) is 9.97 Å². The van der Waals surface area contributed by atoms with Crippen LogP contribution >= 0.6 is 0 Å². The number of rotatable bonds is 4. The number of hydrogen-bond donors (Lipinski definition) is 2. The molecular weight excluding hydrogens is 271 g/mol. The molecule has 1 aliphatic rings. The van der Waals surface area contributed by atoms with Gasteiger partial charge in [-0.3, -0.25) is 0 Å². The molecule has 0 radical (unpaired) electrons. The molecule has 1 aromatic rings. The number of anilines is 1. The number of alkyl halides is 3. The molecule has 0 spiro atoms. The summed E-state index contributed by atoms with van der Waals surface area (Å²) in [5, 5.41) is 12.2. The lowest BCUT2D eigenvalue weighted by atomic mass is 9.80. The van der Waals surface area contributed by atoms with E-state index in [0.29, 0.717) is 6.54 Å². The normalized spacial score (nSPS) is 23.6. The fourth-order valence-electron chi connectivity index (χ4n) is 2.62. The van der Waals surface area contributed by atoms with Gasteiger partial charge in [0, 0.05) is 19.3 Å². The molecule has 0 bridgehead atoms. The largest absolute Gasteiger partial charge is 0.433 e. The predicted octanol–water partition coefficient (Wildman–Crippen LogP) is 2.71.